The molecule has 1 atom stereocenters. The van der Waals surface area contributed by atoms with Crippen molar-refractivity contribution in [3.05, 3.63) is 30.3 Å². The van der Waals surface area contributed by atoms with Crippen molar-refractivity contribution in [1.82, 2.24) is 19.4 Å². The molecule has 0 bridgehead atoms. The van der Waals surface area contributed by atoms with Crippen LogP contribution in [-0.4, -0.2) is 90.1 Å². The van der Waals surface area contributed by atoms with E-state index in [1.807, 2.05) is 0 Å². The van der Waals surface area contributed by atoms with Crippen LogP contribution in [0.3, 0.4) is 0 Å². The quantitative estimate of drug-likeness (QED) is 0.661. The molecule has 1 N–H and O–H groups in total. The van der Waals surface area contributed by atoms with Crippen LogP contribution in [0.15, 0.2) is 35.2 Å². The summed E-state index contributed by atoms with van der Waals surface area (Å²) < 4.78 is 26.7. The smallest absolute Gasteiger partial charge is 0.325 e. The number of carbonyl (C=O) groups is 3. The monoisotopic (exact) mass is 438 g/mol. The molecular weight excluding hydrogens is 416 g/mol. The second kappa shape index (κ2) is 7.62. The van der Waals surface area contributed by atoms with Gasteiger partial charge in [0.15, 0.2) is 0 Å². The van der Waals surface area contributed by atoms with Crippen molar-refractivity contribution >= 4 is 39.6 Å². The number of urea groups is 1. The van der Waals surface area contributed by atoms with Gasteiger partial charge in [-0.15, -0.1) is 0 Å². The maximum atomic E-state index is 12.7. The van der Waals surface area contributed by atoms with Gasteiger partial charge in [0.05, 0.1) is 4.90 Å². The third-order valence-corrected chi connectivity index (χ3v) is 8.64. The SMILES string of the molecule is O=C(CN1C(=O)N[C@@]2(CCSC2)C1=O)N1CCN(S(=O)(=O)c2ccccc2)CC1. The minimum Gasteiger partial charge on any atom is -0.338 e. The Bertz CT molecular complexity index is 923. The number of carbonyl (C=O) groups excluding carboxylic acids is 3. The number of hydrogen-bond donors (Lipinski definition) is 1. The van der Waals surface area contributed by atoms with Crippen LogP contribution >= 0.6 is 11.8 Å². The number of rotatable bonds is 4. The number of thioether (sulfide) groups is 1. The molecule has 29 heavy (non-hydrogen) atoms. The van der Waals surface area contributed by atoms with E-state index in [4.69, 9.17) is 0 Å². The van der Waals surface area contributed by atoms with Crippen LogP contribution in [0.1, 0.15) is 6.42 Å². The van der Waals surface area contributed by atoms with Crippen molar-refractivity contribution in [3.8, 4) is 0 Å². The number of nitrogens with zero attached hydrogens (tertiary/aromatic N) is 3. The van der Waals surface area contributed by atoms with Gasteiger partial charge in [-0.25, -0.2) is 13.2 Å². The van der Waals surface area contributed by atoms with E-state index < -0.39 is 21.6 Å². The first-order valence-corrected chi connectivity index (χ1v) is 12.0. The fraction of sp³-hybridized carbons (Fsp3) is 0.500. The molecule has 9 nitrogen and oxygen atoms in total. The molecule has 1 spiro atoms. The molecule has 3 heterocycles. The lowest BCUT2D eigenvalue weighted by atomic mass is 9.99. The Kier molecular flexibility index (Phi) is 5.30. The number of piperazine rings is 1. The van der Waals surface area contributed by atoms with Gasteiger partial charge >= 0.3 is 6.03 Å². The van der Waals surface area contributed by atoms with Gasteiger partial charge in [0, 0.05) is 31.9 Å². The topological polar surface area (TPSA) is 107 Å². The zero-order valence-corrected chi connectivity index (χ0v) is 17.4. The molecule has 1 aromatic rings. The first kappa shape index (κ1) is 20.2. The van der Waals surface area contributed by atoms with Crippen molar-refractivity contribution in [1.29, 1.82) is 0 Å². The standard InChI is InChI=1S/C18H22N4O5S2/c23-15(12-22-16(24)18(19-17(22)25)6-11-28-13-18)20-7-9-21(10-8-20)29(26,27)14-4-2-1-3-5-14/h1-5H,6-13H2,(H,19,25)/t18-/m1/s1. The van der Waals surface area contributed by atoms with Crippen LogP contribution in [-0.2, 0) is 19.6 Å². The van der Waals surface area contributed by atoms with Gasteiger partial charge in [0.2, 0.25) is 15.9 Å². The molecule has 4 amide bonds. The third-order valence-electron chi connectivity index (χ3n) is 5.53. The number of nitrogens with one attached hydrogen (secondary N) is 1. The predicted molar refractivity (Wildman–Crippen MR) is 107 cm³/mol. The number of sulfonamides is 1. The highest BCUT2D eigenvalue weighted by Crippen LogP contribution is 2.33. The highest BCUT2D eigenvalue weighted by atomic mass is 32.2. The van der Waals surface area contributed by atoms with E-state index in [1.54, 1.807) is 42.1 Å². The van der Waals surface area contributed by atoms with Gasteiger partial charge in [-0.05, 0) is 24.3 Å². The fourth-order valence-corrected chi connectivity index (χ4v) is 6.58. The average molecular weight is 439 g/mol. The molecule has 0 saturated carbocycles. The molecule has 11 heteroatoms. The van der Waals surface area contributed by atoms with E-state index in [0.717, 1.165) is 10.7 Å². The molecule has 3 aliphatic heterocycles. The Morgan fingerprint density at radius 1 is 1.10 bits per heavy atom. The molecule has 3 fully saturated rings. The minimum absolute atomic E-state index is 0.170. The summed E-state index contributed by atoms with van der Waals surface area (Å²) in [5, 5.41) is 2.74. The van der Waals surface area contributed by atoms with E-state index in [-0.39, 0.29) is 49.4 Å². The first-order chi connectivity index (χ1) is 13.8. The summed E-state index contributed by atoms with van der Waals surface area (Å²) in [5.41, 5.74) is -0.871. The molecule has 1 aromatic carbocycles. The first-order valence-electron chi connectivity index (χ1n) is 9.38. The highest BCUT2D eigenvalue weighted by Gasteiger charge is 2.53. The van der Waals surface area contributed by atoms with Crippen LogP contribution in [0.25, 0.3) is 0 Å². The summed E-state index contributed by atoms with van der Waals surface area (Å²) in [6.07, 6.45) is 0.572. The Morgan fingerprint density at radius 2 is 1.79 bits per heavy atom. The van der Waals surface area contributed by atoms with Crippen molar-refractivity contribution in [2.24, 2.45) is 0 Å². The van der Waals surface area contributed by atoms with Crippen molar-refractivity contribution < 1.29 is 22.8 Å². The molecule has 156 valence electrons. The third kappa shape index (κ3) is 3.62. The Hall–Kier alpha value is -2.11. The van der Waals surface area contributed by atoms with Crippen LogP contribution in [0.2, 0.25) is 0 Å². The molecular formula is C18H22N4O5S2. The van der Waals surface area contributed by atoms with E-state index >= 15 is 0 Å². The minimum atomic E-state index is -3.60. The van der Waals surface area contributed by atoms with Crippen molar-refractivity contribution in [2.75, 3.05) is 44.2 Å². The summed E-state index contributed by atoms with van der Waals surface area (Å²) >= 11 is 1.61. The molecule has 3 aliphatic rings. The summed E-state index contributed by atoms with van der Waals surface area (Å²) in [7, 11) is -3.60. The number of hydrogen-bond acceptors (Lipinski definition) is 6. The van der Waals surface area contributed by atoms with Gasteiger partial charge < -0.3 is 10.2 Å². The fourth-order valence-electron chi connectivity index (χ4n) is 3.81. The van der Waals surface area contributed by atoms with E-state index in [2.05, 4.69) is 5.32 Å². The molecule has 3 saturated heterocycles. The summed E-state index contributed by atoms with van der Waals surface area (Å²) in [4.78, 5) is 40.3. The Balaban J connectivity index is 1.36. The van der Waals surface area contributed by atoms with Gasteiger partial charge in [-0.3, -0.25) is 14.5 Å². The van der Waals surface area contributed by atoms with Crippen LogP contribution in [0.4, 0.5) is 4.79 Å². The van der Waals surface area contributed by atoms with Crippen LogP contribution in [0, 0.1) is 0 Å². The molecule has 0 radical (unpaired) electrons. The number of amides is 4. The Labute approximate surface area is 173 Å². The molecule has 0 aromatic heterocycles. The average Bonchev–Trinajstić information content (AvgIpc) is 3.29. The van der Waals surface area contributed by atoms with Crippen LogP contribution in [0.5, 0.6) is 0 Å². The second-order valence-electron chi connectivity index (χ2n) is 7.30. The van der Waals surface area contributed by atoms with Gasteiger partial charge in [-0.1, -0.05) is 18.2 Å². The van der Waals surface area contributed by atoms with E-state index in [9.17, 15) is 22.8 Å². The predicted octanol–water partition coefficient (Wildman–Crippen LogP) is -0.0530. The van der Waals surface area contributed by atoms with Gasteiger partial charge in [0.1, 0.15) is 12.1 Å². The number of imide groups is 1. The molecule has 4 rings (SSSR count). The van der Waals surface area contributed by atoms with Crippen molar-refractivity contribution in [2.45, 2.75) is 16.9 Å². The lowest BCUT2D eigenvalue weighted by Gasteiger charge is -2.34. The summed E-state index contributed by atoms with van der Waals surface area (Å²) in [5.74, 6) is 0.628. The maximum absolute atomic E-state index is 12.7. The van der Waals surface area contributed by atoms with Gasteiger partial charge in [0.25, 0.3) is 5.91 Å². The summed E-state index contributed by atoms with van der Waals surface area (Å²) in [6, 6.07) is 7.64. The number of benzene rings is 1. The molecule has 0 aliphatic carbocycles. The zero-order chi connectivity index (χ0) is 20.6. The van der Waals surface area contributed by atoms with Crippen molar-refractivity contribution in [3.63, 3.8) is 0 Å². The van der Waals surface area contributed by atoms with E-state index in [1.165, 1.54) is 9.21 Å². The van der Waals surface area contributed by atoms with Gasteiger partial charge in [-0.2, -0.15) is 16.1 Å². The Morgan fingerprint density at radius 3 is 2.41 bits per heavy atom. The van der Waals surface area contributed by atoms with Crippen LogP contribution < -0.4 is 5.32 Å². The highest BCUT2D eigenvalue weighted by molar-refractivity contribution is 7.99. The largest absolute Gasteiger partial charge is 0.338 e. The zero-order valence-electron chi connectivity index (χ0n) is 15.7. The second-order valence-corrected chi connectivity index (χ2v) is 10.3. The lowest BCUT2D eigenvalue weighted by molar-refractivity contribution is -0.139. The lowest BCUT2D eigenvalue weighted by Crippen LogP contribution is -2.53. The maximum Gasteiger partial charge on any atom is 0.325 e. The summed E-state index contributed by atoms with van der Waals surface area (Å²) in [6.45, 7) is 0.459. The molecule has 0 unspecified atom stereocenters. The van der Waals surface area contributed by atoms with E-state index in [0.29, 0.717) is 12.2 Å². The normalized spacial score (nSPS) is 25.7.